The average Bonchev–Trinajstić information content (AvgIpc) is 2.81. The van der Waals surface area contributed by atoms with Gasteiger partial charge in [-0.2, -0.15) is 0 Å². The molecule has 3 atom stereocenters. The van der Waals surface area contributed by atoms with Crippen molar-refractivity contribution in [1.29, 1.82) is 0 Å². The average molecular weight is 287 g/mol. The van der Waals surface area contributed by atoms with Gasteiger partial charge in [0.1, 0.15) is 12.4 Å². The third-order valence-electron chi connectivity index (χ3n) is 6.80. The van der Waals surface area contributed by atoms with Gasteiger partial charge in [-0.1, -0.05) is 20.8 Å². The Hall–Kier alpha value is -1.16. The molecule has 114 valence electrons. The van der Waals surface area contributed by atoms with E-state index in [1.54, 1.807) is 6.33 Å². The Bertz CT molecular complexity index is 571. The Balaban J connectivity index is 1.64. The Kier molecular flexibility index (Phi) is 2.84. The van der Waals surface area contributed by atoms with Gasteiger partial charge in [-0.3, -0.25) is 0 Å². The third kappa shape index (κ3) is 1.78. The summed E-state index contributed by atoms with van der Waals surface area (Å²) in [6.07, 6.45) is 6.75. The quantitative estimate of drug-likeness (QED) is 0.908. The maximum absolute atomic E-state index is 6.46. The summed E-state index contributed by atoms with van der Waals surface area (Å²) in [6.45, 7) is 9.09. The maximum Gasteiger partial charge on any atom is 0.221 e. The zero-order valence-electron chi connectivity index (χ0n) is 13.3. The van der Waals surface area contributed by atoms with Crippen LogP contribution >= 0.6 is 0 Å². The van der Waals surface area contributed by atoms with E-state index in [0.29, 0.717) is 11.5 Å². The first-order valence-corrected chi connectivity index (χ1v) is 8.22. The second-order valence-electron chi connectivity index (χ2n) is 7.75. The van der Waals surface area contributed by atoms with E-state index in [1.165, 1.54) is 24.8 Å². The number of nitrogens with one attached hydrogen (secondary N) is 1. The molecule has 1 aromatic heterocycles. The number of fused-ring (bicyclic) bond motifs is 3. The number of hydrogen-bond acceptors (Lipinski definition) is 4. The highest BCUT2D eigenvalue weighted by Gasteiger charge is 2.62. The van der Waals surface area contributed by atoms with E-state index in [4.69, 9.17) is 4.74 Å². The minimum atomic E-state index is 0.275. The van der Waals surface area contributed by atoms with Gasteiger partial charge in [0.15, 0.2) is 0 Å². The lowest BCUT2D eigenvalue weighted by Crippen LogP contribution is -2.39. The van der Waals surface area contributed by atoms with E-state index in [-0.39, 0.29) is 5.41 Å². The number of aromatic nitrogens is 2. The van der Waals surface area contributed by atoms with Crippen LogP contribution in [0.2, 0.25) is 0 Å². The molecule has 4 heteroatoms. The van der Waals surface area contributed by atoms with Gasteiger partial charge in [0.2, 0.25) is 5.88 Å². The fourth-order valence-corrected chi connectivity index (χ4v) is 4.79. The molecule has 0 spiro atoms. The first kappa shape index (κ1) is 13.5. The zero-order chi connectivity index (χ0) is 14.7. The number of hydrogen-bond donors (Lipinski definition) is 1. The van der Waals surface area contributed by atoms with E-state index < -0.39 is 0 Å². The largest absolute Gasteiger partial charge is 0.473 e. The van der Waals surface area contributed by atoms with Crippen molar-refractivity contribution in [2.24, 2.45) is 16.7 Å². The molecule has 0 radical (unpaired) electrons. The van der Waals surface area contributed by atoms with Gasteiger partial charge in [0.05, 0.1) is 5.69 Å². The molecule has 2 bridgehead atoms. The highest BCUT2D eigenvalue weighted by molar-refractivity contribution is 5.32. The molecule has 2 aliphatic carbocycles. The van der Waals surface area contributed by atoms with Gasteiger partial charge in [-0.25, -0.2) is 9.97 Å². The summed E-state index contributed by atoms with van der Waals surface area (Å²) in [5.74, 6) is 1.62. The van der Waals surface area contributed by atoms with Crippen molar-refractivity contribution in [1.82, 2.24) is 15.3 Å². The van der Waals surface area contributed by atoms with Crippen LogP contribution in [0, 0.1) is 16.7 Å². The highest BCUT2D eigenvalue weighted by Crippen LogP contribution is 2.66. The molecule has 2 fully saturated rings. The van der Waals surface area contributed by atoms with Crippen molar-refractivity contribution in [3.63, 3.8) is 0 Å². The fraction of sp³-hybridized carbons (Fsp3) is 0.765. The molecule has 0 amide bonds. The topological polar surface area (TPSA) is 47.0 Å². The molecule has 3 unspecified atom stereocenters. The van der Waals surface area contributed by atoms with Crippen LogP contribution in [0.3, 0.4) is 0 Å². The van der Waals surface area contributed by atoms with E-state index >= 15 is 0 Å². The molecular weight excluding hydrogens is 262 g/mol. The van der Waals surface area contributed by atoms with Gasteiger partial charge in [0.25, 0.3) is 0 Å². The zero-order valence-corrected chi connectivity index (χ0v) is 13.3. The van der Waals surface area contributed by atoms with Gasteiger partial charge in [0, 0.05) is 30.5 Å². The second-order valence-corrected chi connectivity index (χ2v) is 7.75. The van der Waals surface area contributed by atoms with Crippen molar-refractivity contribution in [3.8, 4) is 5.88 Å². The molecule has 4 nitrogen and oxygen atoms in total. The first-order valence-electron chi connectivity index (χ1n) is 8.22. The minimum absolute atomic E-state index is 0.275. The summed E-state index contributed by atoms with van der Waals surface area (Å²) in [5.41, 5.74) is 2.99. The summed E-state index contributed by atoms with van der Waals surface area (Å²) >= 11 is 0. The molecule has 4 rings (SSSR count). The molecule has 3 aliphatic rings. The van der Waals surface area contributed by atoms with Crippen LogP contribution in [0.5, 0.6) is 5.88 Å². The van der Waals surface area contributed by atoms with Crippen molar-refractivity contribution in [2.45, 2.75) is 59.1 Å². The number of rotatable bonds is 2. The highest BCUT2D eigenvalue weighted by atomic mass is 16.5. The summed E-state index contributed by atoms with van der Waals surface area (Å²) in [5, 5.41) is 3.41. The van der Waals surface area contributed by atoms with Crippen LogP contribution in [-0.2, 0) is 13.0 Å². The van der Waals surface area contributed by atoms with Crippen molar-refractivity contribution >= 4 is 0 Å². The summed E-state index contributed by atoms with van der Waals surface area (Å²) < 4.78 is 6.46. The normalized spacial score (nSPS) is 36.5. The smallest absolute Gasteiger partial charge is 0.221 e. The lowest BCUT2D eigenvalue weighted by molar-refractivity contribution is 0.0263. The second kappa shape index (κ2) is 4.42. The van der Waals surface area contributed by atoms with Gasteiger partial charge in [-0.15, -0.1) is 0 Å². The Morgan fingerprint density at radius 1 is 1.29 bits per heavy atom. The van der Waals surface area contributed by atoms with E-state index in [9.17, 15) is 0 Å². The van der Waals surface area contributed by atoms with Crippen molar-refractivity contribution in [2.75, 3.05) is 6.54 Å². The lowest BCUT2D eigenvalue weighted by Gasteiger charge is -2.39. The van der Waals surface area contributed by atoms with Gasteiger partial charge >= 0.3 is 0 Å². The molecule has 1 aliphatic heterocycles. The van der Waals surface area contributed by atoms with Crippen molar-refractivity contribution < 1.29 is 4.74 Å². The first-order chi connectivity index (χ1) is 10.0. The van der Waals surface area contributed by atoms with Crippen LogP contribution in [-0.4, -0.2) is 22.6 Å². The van der Waals surface area contributed by atoms with Gasteiger partial charge in [-0.05, 0) is 30.6 Å². The standard InChI is InChI=1S/C17H25N3O/c1-16(2)11-4-6-17(16,3)14(8-11)21-15-12-9-18-7-5-13(12)19-10-20-15/h10-11,14,18H,4-9H2,1-3H3. The molecule has 1 N–H and O–H groups in total. The fourth-order valence-electron chi connectivity index (χ4n) is 4.79. The van der Waals surface area contributed by atoms with Crippen LogP contribution in [0.25, 0.3) is 0 Å². The number of ether oxygens (including phenoxy) is 1. The minimum Gasteiger partial charge on any atom is -0.473 e. The van der Waals surface area contributed by atoms with Crippen LogP contribution < -0.4 is 10.1 Å². The van der Waals surface area contributed by atoms with Gasteiger partial charge < -0.3 is 10.1 Å². The summed E-state index contributed by atoms with van der Waals surface area (Å²) in [6, 6.07) is 0. The number of nitrogens with zero attached hydrogens (tertiary/aromatic N) is 2. The maximum atomic E-state index is 6.46. The molecule has 21 heavy (non-hydrogen) atoms. The predicted molar refractivity (Wildman–Crippen MR) is 81.1 cm³/mol. The van der Waals surface area contributed by atoms with Crippen LogP contribution in [0.4, 0.5) is 0 Å². The molecule has 1 aromatic rings. The molecule has 2 saturated carbocycles. The third-order valence-corrected chi connectivity index (χ3v) is 6.80. The summed E-state index contributed by atoms with van der Waals surface area (Å²) in [7, 11) is 0. The Morgan fingerprint density at radius 2 is 2.14 bits per heavy atom. The van der Waals surface area contributed by atoms with E-state index in [1.807, 2.05) is 0 Å². The summed E-state index contributed by atoms with van der Waals surface area (Å²) in [4.78, 5) is 8.86. The van der Waals surface area contributed by atoms with E-state index in [0.717, 1.165) is 37.0 Å². The predicted octanol–water partition coefficient (Wildman–Crippen LogP) is 2.72. The molecule has 0 aromatic carbocycles. The molecular formula is C17H25N3O. The molecule has 2 heterocycles. The lowest BCUT2D eigenvalue weighted by atomic mass is 9.70. The Morgan fingerprint density at radius 3 is 2.86 bits per heavy atom. The van der Waals surface area contributed by atoms with Crippen LogP contribution in [0.1, 0.15) is 51.3 Å². The molecule has 0 saturated heterocycles. The SMILES string of the molecule is CC1(C)C2CCC1(C)C(Oc1ncnc3c1CNCC3)C2. The van der Waals surface area contributed by atoms with Crippen molar-refractivity contribution in [3.05, 3.63) is 17.6 Å². The van der Waals surface area contributed by atoms with E-state index in [2.05, 4.69) is 36.1 Å². The van der Waals surface area contributed by atoms with Crippen LogP contribution in [0.15, 0.2) is 6.33 Å². The Labute approximate surface area is 126 Å². The monoisotopic (exact) mass is 287 g/mol.